The van der Waals surface area contributed by atoms with Crippen LogP contribution in [0.1, 0.15) is 0 Å². The molecule has 0 radical (unpaired) electrons. The van der Waals surface area contributed by atoms with Crippen LogP contribution in [0, 0.1) is 0 Å². The summed E-state index contributed by atoms with van der Waals surface area (Å²) < 4.78 is 11.7. The van der Waals surface area contributed by atoms with Crippen LogP contribution >= 0.6 is 22.7 Å². The highest BCUT2D eigenvalue weighted by Crippen LogP contribution is 2.46. The van der Waals surface area contributed by atoms with Crippen molar-refractivity contribution < 1.29 is 4.42 Å². The van der Waals surface area contributed by atoms with Gasteiger partial charge in [0.05, 0.1) is 0 Å². The van der Waals surface area contributed by atoms with Gasteiger partial charge in [0.1, 0.15) is 11.2 Å². The van der Waals surface area contributed by atoms with Crippen LogP contribution in [0.5, 0.6) is 0 Å². The zero-order valence-corrected chi connectivity index (χ0v) is 23.4. The Bertz CT molecular complexity index is 2700. The zero-order chi connectivity index (χ0) is 26.7. The Morgan fingerprint density at radius 2 is 1.07 bits per heavy atom. The topological polar surface area (TPSA) is 13.1 Å². The van der Waals surface area contributed by atoms with Gasteiger partial charge < -0.3 is 4.42 Å². The van der Waals surface area contributed by atoms with E-state index in [1.54, 1.807) is 0 Å². The van der Waals surface area contributed by atoms with Crippen molar-refractivity contribution in [3.05, 3.63) is 121 Å². The third-order valence-electron chi connectivity index (χ3n) is 8.64. The molecular formula is C38H20OS2. The normalized spacial score (nSPS) is 12.4. The minimum atomic E-state index is 0.935. The maximum absolute atomic E-state index is 6.34. The van der Waals surface area contributed by atoms with Gasteiger partial charge in [-0.2, -0.15) is 0 Å². The fourth-order valence-corrected chi connectivity index (χ4v) is 9.13. The highest BCUT2D eigenvalue weighted by atomic mass is 32.1. The van der Waals surface area contributed by atoms with Crippen LogP contribution < -0.4 is 0 Å². The largest absolute Gasteiger partial charge is 0.456 e. The van der Waals surface area contributed by atoms with E-state index in [9.17, 15) is 0 Å². The van der Waals surface area contributed by atoms with Crippen LogP contribution in [-0.4, -0.2) is 0 Å². The predicted octanol–water partition coefficient (Wildman–Crippen LogP) is 12.3. The second kappa shape index (κ2) is 7.94. The lowest BCUT2D eigenvalue weighted by atomic mass is 9.91. The standard InChI is InChI=1S/C38H20OS2/c1-4-13-33-22(8-1)31-18-27-21(17-34(31)39-33)16-28(26-12-7-11-25-23-9-2-6-15-36(23)41-38(25)26)29-19-32-24-10-3-5-14-35(24)40-37(32)20-30(27)29/h1-20H. The Morgan fingerprint density at radius 3 is 1.95 bits per heavy atom. The summed E-state index contributed by atoms with van der Waals surface area (Å²) in [5.41, 5.74) is 4.44. The van der Waals surface area contributed by atoms with E-state index in [0.29, 0.717) is 0 Å². The summed E-state index contributed by atoms with van der Waals surface area (Å²) in [6.45, 7) is 0. The van der Waals surface area contributed by atoms with Gasteiger partial charge in [-0.05, 0) is 75.6 Å². The van der Waals surface area contributed by atoms with Crippen molar-refractivity contribution >= 4 is 107 Å². The lowest BCUT2D eigenvalue weighted by Crippen LogP contribution is -1.86. The number of benzene rings is 7. The minimum Gasteiger partial charge on any atom is -0.456 e. The number of rotatable bonds is 1. The number of hydrogen-bond acceptors (Lipinski definition) is 3. The first-order valence-electron chi connectivity index (χ1n) is 13.8. The van der Waals surface area contributed by atoms with E-state index in [2.05, 4.69) is 115 Å². The third kappa shape index (κ3) is 3.00. The summed E-state index contributed by atoms with van der Waals surface area (Å²) in [5, 5.41) is 12.7. The molecule has 0 atom stereocenters. The molecule has 0 unspecified atom stereocenters. The minimum absolute atomic E-state index is 0.935. The lowest BCUT2D eigenvalue weighted by molar-refractivity contribution is 0.669. The Balaban J connectivity index is 1.41. The average molecular weight is 557 g/mol. The van der Waals surface area contributed by atoms with Gasteiger partial charge in [0.25, 0.3) is 0 Å². The van der Waals surface area contributed by atoms with E-state index in [1.165, 1.54) is 83.8 Å². The highest BCUT2D eigenvalue weighted by Gasteiger charge is 2.18. The van der Waals surface area contributed by atoms with Gasteiger partial charge in [0, 0.05) is 56.7 Å². The molecule has 3 heterocycles. The number of hydrogen-bond donors (Lipinski definition) is 0. The van der Waals surface area contributed by atoms with Crippen LogP contribution in [0.2, 0.25) is 0 Å². The molecular weight excluding hydrogens is 537 g/mol. The first-order valence-corrected chi connectivity index (χ1v) is 15.5. The van der Waals surface area contributed by atoms with Gasteiger partial charge in [-0.3, -0.25) is 0 Å². The van der Waals surface area contributed by atoms with Crippen molar-refractivity contribution in [2.75, 3.05) is 0 Å². The third-order valence-corrected chi connectivity index (χ3v) is 11.0. The van der Waals surface area contributed by atoms with Crippen molar-refractivity contribution in [3.63, 3.8) is 0 Å². The Kier molecular flexibility index (Phi) is 4.27. The highest BCUT2D eigenvalue weighted by molar-refractivity contribution is 7.26. The van der Waals surface area contributed by atoms with E-state index in [1.807, 2.05) is 28.7 Å². The van der Waals surface area contributed by atoms with Crippen LogP contribution in [0.25, 0.3) is 95.0 Å². The molecule has 10 aromatic rings. The first-order chi connectivity index (χ1) is 20.3. The maximum Gasteiger partial charge on any atom is 0.136 e. The Morgan fingerprint density at radius 1 is 0.366 bits per heavy atom. The Labute approximate surface area is 242 Å². The molecule has 1 nitrogen and oxygen atoms in total. The van der Waals surface area contributed by atoms with Crippen LogP contribution in [0.15, 0.2) is 126 Å². The molecule has 0 aliphatic carbocycles. The van der Waals surface area contributed by atoms with Gasteiger partial charge in [0.15, 0.2) is 0 Å². The molecule has 0 fully saturated rings. The first kappa shape index (κ1) is 22.0. The van der Waals surface area contributed by atoms with E-state index in [4.69, 9.17) is 4.42 Å². The van der Waals surface area contributed by atoms with E-state index in [0.717, 1.165) is 11.2 Å². The van der Waals surface area contributed by atoms with Crippen molar-refractivity contribution in [2.24, 2.45) is 0 Å². The molecule has 0 spiro atoms. The number of para-hydroxylation sites is 1. The van der Waals surface area contributed by atoms with Crippen LogP contribution in [0.4, 0.5) is 0 Å². The molecule has 0 saturated heterocycles. The van der Waals surface area contributed by atoms with Gasteiger partial charge in [0.2, 0.25) is 0 Å². The molecule has 0 amide bonds. The number of furan rings is 1. The monoisotopic (exact) mass is 556 g/mol. The SMILES string of the molecule is c1ccc2c(c1)oc1cc3cc(-c4cccc5c4sc4ccccc45)c4cc5c(cc4c3cc12)sc1ccccc15. The molecule has 0 N–H and O–H groups in total. The summed E-state index contributed by atoms with van der Waals surface area (Å²) in [4.78, 5) is 0. The molecule has 0 saturated carbocycles. The van der Waals surface area contributed by atoms with Crippen LogP contribution in [0.3, 0.4) is 0 Å². The number of fused-ring (bicyclic) bond motifs is 12. The van der Waals surface area contributed by atoms with Crippen molar-refractivity contribution in [2.45, 2.75) is 0 Å². The zero-order valence-electron chi connectivity index (χ0n) is 21.8. The van der Waals surface area contributed by atoms with Crippen molar-refractivity contribution in [1.29, 1.82) is 0 Å². The quantitative estimate of drug-likeness (QED) is 0.183. The molecule has 0 aliphatic rings. The molecule has 3 aromatic heterocycles. The van der Waals surface area contributed by atoms with E-state index >= 15 is 0 Å². The second-order valence-electron chi connectivity index (χ2n) is 10.9. The van der Waals surface area contributed by atoms with Crippen molar-refractivity contribution in [3.8, 4) is 11.1 Å². The van der Waals surface area contributed by atoms with E-state index < -0.39 is 0 Å². The number of thiophene rings is 2. The van der Waals surface area contributed by atoms with E-state index in [-0.39, 0.29) is 0 Å². The summed E-state index contributed by atoms with van der Waals surface area (Å²) in [7, 11) is 0. The smallest absolute Gasteiger partial charge is 0.136 e. The van der Waals surface area contributed by atoms with Gasteiger partial charge in [-0.15, -0.1) is 22.7 Å². The molecule has 10 rings (SSSR count). The maximum atomic E-state index is 6.34. The average Bonchev–Trinajstić information content (AvgIpc) is 3.69. The molecule has 3 heteroatoms. The predicted molar refractivity (Wildman–Crippen MR) is 180 cm³/mol. The fraction of sp³-hybridized carbons (Fsp3) is 0. The summed E-state index contributed by atoms with van der Waals surface area (Å²) >= 11 is 3.78. The molecule has 0 bridgehead atoms. The molecule has 7 aromatic carbocycles. The van der Waals surface area contributed by atoms with Gasteiger partial charge in [-0.1, -0.05) is 72.8 Å². The fourth-order valence-electron chi connectivity index (χ4n) is 6.77. The summed E-state index contributed by atoms with van der Waals surface area (Å²) in [6.07, 6.45) is 0. The van der Waals surface area contributed by atoms with Gasteiger partial charge >= 0.3 is 0 Å². The van der Waals surface area contributed by atoms with Gasteiger partial charge in [-0.25, -0.2) is 0 Å². The molecule has 41 heavy (non-hydrogen) atoms. The molecule has 0 aliphatic heterocycles. The second-order valence-corrected chi connectivity index (χ2v) is 13.0. The van der Waals surface area contributed by atoms with Crippen LogP contribution in [-0.2, 0) is 0 Å². The Hall–Kier alpha value is -4.70. The summed E-state index contributed by atoms with van der Waals surface area (Å²) in [6, 6.07) is 44.6. The summed E-state index contributed by atoms with van der Waals surface area (Å²) in [5.74, 6) is 0. The van der Waals surface area contributed by atoms with Crippen molar-refractivity contribution in [1.82, 2.24) is 0 Å². The molecule has 190 valence electrons. The lowest BCUT2D eigenvalue weighted by Gasteiger charge is -2.13.